The number of nitrogens with two attached hydrogens (primary N) is 1. The number of aromatic nitrogens is 3. The molecule has 2 aromatic heterocycles. The van der Waals surface area contributed by atoms with Crippen LogP contribution in [0.2, 0.25) is 0 Å². The van der Waals surface area contributed by atoms with E-state index >= 15 is 0 Å². The number of carbonyl (C=O) groups excluding carboxylic acids is 3. The molecule has 2 N–H and O–H groups in total. The fourth-order valence-corrected chi connectivity index (χ4v) is 5.56. The third kappa shape index (κ3) is 6.49. The normalized spacial score (nSPS) is 14.8. The molecule has 0 fully saturated rings. The van der Waals surface area contributed by atoms with Crippen LogP contribution in [0, 0.1) is 17.5 Å². The highest BCUT2D eigenvalue weighted by molar-refractivity contribution is 6.00. The van der Waals surface area contributed by atoms with Crippen molar-refractivity contribution in [1.82, 2.24) is 14.8 Å². The Labute approximate surface area is 250 Å². The summed E-state index contributed by atoms with van der Waals surface area (Å²) < 4.78 is 100. The van der Waals surface area contributed by atoms with Crippen molar-refractivity contribution in [3.05, 3.63) is 106 Å². The second-order valence-electron chi connectivity index (χ2n) is 10.6. The molecule has 1 aliphatic rings. The lowest BCUT2D eigenvalue weighted by molar-refractivity contribution is -0.120. The van der Waals surface area contributed by atoms with Crippen LogP contribution < -0.4 is 5.73 Å². The highest BCUT2D eigenvalue weighted by atomic mass is 19.3. The second kappa shape index (κ2) is 12.3. The minimum Gasteiger partial charge on any atom is -0.366 e. The van der Waals surface area contributed by atoms with E-state index in [1.165, 1.54) is 30.5 Å². The first-order valence-electron chi connectivity index (χ1n) is 13.6. The highest BCUT2D eigenvalue weighted by Gasteiger charge is 2.47. The number of benzene rings is 2. The van der Waals surface area contributed by atoms with Gasteiger partial charge in [-0.15, -0.1) is 0 Å². The Hall–Kier alpha value is -4.88. The molecule has 7 nitrogen and oxygen atoms in total. The molecule has 0 bridgehead atoms. The standard InChI is InChI=1S/C31H23F7N4O3/c32-18-9-15(10-19(33)13-18)8-17(26-21(2-1-7-40-26)16-3-4-23(34)22(12-16)30(39)45)11-20(43)14-42-28-25(27(41-42)29(35)36)24(44)5-6-31(28,37)38/h1-4,7,9-10,12-13,17,29H,5-6,8,11,14H2,(H2,39,45)/t17-/m1/s1. The van der Waals surface area contributed by atoms with Crippen LogP contribution in [0.1, 0.15) is 75.0 Å². The van der Waals surface area contributed by atoms with Crippen LogP contribution in [0.4, 0.5) is 30.7 Å². The SMILES string of the molecule is NC(=O)c1cc(-c2cccnc2[C@@H](CC(=O)Cn2nc(C(F)F)c3c2C(F)(F)CCC3=O)Cc2cc(F)cc(F)c2)ccc1F. The average molecular weight is 633 g/mol. The van der Waals surface area contributed by atoms with E-state index in [0.717, 1.165) is 18.2 Å². The van der Waals surface area contributed by atoms with E-state index in [9.17, 15) is 45.1 Å². The lowest BCUT2D eigenvalue weighted by Gasteiger charge is -2.23. The van der Waals surface area contributed by atoms with Gasteiger partial charge in [-0.25, -0.2) is 22.0 Å². The summed E-state index contributed by atoms with van der Waals surface area (Å²) in [5, 5.41) is 3.52. The topological polar surface area (TPSA) is 108 Å². The Morgan fingerprint density at radius 3 is 2.38 bits per heavy atom. The van der Waals surface area contributed by atoms with Crippen molar-refractivity contribution in [3.8, 4) is 11.1 Å². The molecule has 5 rings (SSSR count). The van der Waals surface area contributed by atoms with Crippen molar-refractivity contribution in [3.63, 3.8) is 0 Å². The molecule has 4 aromatic rings. The molecule has 1 amide bonds. The second-order valence-corrected chi connectivity index (χ2v) is 10.6. The number of hydrogen-bond donors (Lipinski definition) is 1. The van der Waals surface area contributed by atoms with Gasteiger partial charge in [0.15, 0.2) is 11.6 Å². The molecule has 0 unspecified atom stereocenters. The number of alkyl halides is 4. The van der Waals surface area contributed by atoms with Gasteiger partial charge in [0.25, 0.3) is 18.3 Å². The first-order chi connectivity index (χ1) is 21.2. The number of rotatable bonds is 10. The maximum atomic E-state index is 14.9. The van der Waals surface area contributed by atoms with E-state index in [1.807, 2.05) is 0 Å². The summed E-state index contributed by atoms with van der Waals surface area (Å²) in [5.41, 5.74) is 2.54. The van der Waals surface area contributed by atoms with Crippen LogP contribution in [-0.4, -0.2) is 32.2 Å². The lowest BCUT2D eigenvalue weighted by atomic mass is 9.86. The molecule has 2 heterocycles. The van der Waals surface area contributed by atoms with Gasteiger partial charge in [0.05, 0.1) is 16.8 Å². The number of amides is 1. The quantitative estimate of drug-likeness (QED) is 0.202. The minimum atomic E-state index is -3.71. The number of Topliss-reactive ketones (excluding diaryl/α,β-unsaturated/α-hetero) is 2. The summed E-state index contributed by atoms with van der Waals surface area (Å²) in [6.07, 6.45) is -4.34. The van der Waals surface area contributed by atoms with Crippen molar-refractivity contribution >= 4 is 17.5 Å². The molecule has 0 radical (unpaired) electrons. The van der Waals surface area contributed by atoms with Gasteiger partial charge in [0, 0.05) is 43.0 Å². The summed E-state index contributed by atoms with van der Waals surface area (Å²) >= 11 is 0. The first-order valence-corrected chi connectivity index (χ1v) is 13.6. The first kappa shape index (κ1) is 31.5. The molecule has 0 aliphatic heterocycles. The number of fused-ring (bicyclic) bond motifs is 1. The molecular formula is C31H23F7N4O3. The monoisotopic (exact) mass is 632 g/mol. The molecule has 0 spiro atoms. The Kier molecular flexibility index (Phi) is 8.59. The fourth-order valence-electron chi connectivity index (χ4n) is 5.56. The Morgan fingerprint density at radius 2 is 1.71 bits per heavy atom. The molecule has 45 heavy (non-hydrogen) atoms. The summed E-state index contributed by atoms with van der Waals surface area (Å²) in [5.74, 6) is -10.2. The van der Waals surface area contributed by atoms with Gasteiger partial charge in [0.1, 0.15) is 35.4 Å². The van der Waals surface area contributed by atoms with Gasteiger partial charge < -0.3 is 5.73 Å². The van der Waals surface area contributed by atoms with Crippen LogP contribution in [0.5, 0.6) is 0 Å². The van der Waals surface area contributed by atoms with E-state index in [-0.39, 0.29) is 23.2 Å². The smallest absolute Gasteiger partial charge is 0.290 e. The number of nitrogens with zero attached hydrogens (tertiary/aromatic N) is 3. The summed E-state index contributed by atoms with van der Waals surface area (Å²) in [4.78, 5) is 41.9. The van der Waals surface area contributed by atoms with Crippen molar-refractivity contribution in [2.75, 3.05) is 0 Å². The zero-order valence-electron chi connectivity index (χ0n) is 23.2. The lowest BCUT2D eigenvalue weighted by Crippen LogP contribution is -2.29. The predicted molar refractivity (Wildman–Crippen MR) is 145 cm³/mol. The zero-order valence-corrected chi connectivity index (χ0v) is 23.2. The number of carbonyl (C=O) groups is 3. The van der Waals surface area contributed by atoms with Crippen LogP contribution in [0.15, 0.2) is 54.7 Å². The zero-order chi connectivity index (χ0) is 32.6. The fraction of sp³-hybridized carbons (Fsp3) is 0.258. The highest BCUT2D eigenvalue weighted by Crippen LogP contribution is 2.43. The van der Waals surface area contributed by atoms with Gasteiger partial charge in [-0.05, 0) is 47.9 Å². The van der Waals surface area contributed by atoms with E-state index in [4.69, 9.17) is 5.73 Å². The Morgan fingerprint density at radius 1 is 1.00 bits per heavy atom. The van der Waals surface area contributed by atoms with Crippen molar-refractivity contribution in [2.45, 2.75) is 50.5 Å². The molecular weight excluding hydrogens is 609 g/mol. The molecule has 14 heteroatoms. The van der Waals surface area contributed by atoms with E-state index in [2.05, 4.69) is 10.1 Å². The predicted octanol–water partition coefficient (Wildman–Crippen LogP) is 6.45. The maximum absolute atomic E-state index is 14.9. The van der Waals surface area contributed by atoms with E-state index < -0.39 is 102 Å². The summed E-state index contributed by atoms with van der Waals surface area (Å²) in [6.45, 7) is -0.920. The largest absolute Gasteiger partial charge is 0.366 e. The van der Waals surface area contributed by atoms with Crippen molar-refractivity contribution in [1.29, 1.82) is 0 Å². The van der Waals surface area contributed by atoms with Gasteiger partial charge in [-0.3, -0.25) is 24.0 Å². The molecule has 0 saturated carbocycles. The van der Waals surface area contributed by atoms with Gasteiger partial charge >= 0.3 is 0 Å². The maximum Gasteiger partial charge on any atom is 0.290 e. The number of hydrogen-bond acceptors (Lipinski definition) is 5. The third-order valence-corrected chi connectivity index (χ3v) is 7.45. The van der Waals surface area contributed by atoms with Crippen LogP contribution in [0.3, 0.4) is 0 Å². The van der Waals surface area contributed by atoms with Gasteiger partial charge in [-0.1, -0.05) is 12.1 Å². The van der Waals surface area contributed by atoms with Crippen LogP contribution in [0.25, 0.3) is 11.1 Å². The Balaban J connectivity index is 1.56. The molecule has 0 saturated heterocycles. The van der Waals surface area contributed by atoms with Crippen molar-refractivity contribution in [2.24, 2.45) is 5.73 Å². The van der Waals surface area contributed by atoms with Gasteiger partial charge in [-0.2, -0.15) is 13.9 Å². The number of halogens is 7. The Bertz CT molecular complexity index is 1800. The van der Waals surface area contributed by atoms with Gasteiger partial charge in [0.2, 0.25) is 0 Å². The number of ketones is 2. The minimum absolute atomic E-state index is 0.104. The average Bonchev–Trinajstić information content (AvgIpc) is 3.36. The molecule has 234 valence electrons. The van der Waals surface area contributed by atoms with E-state index in [0.29, 0.717) is 16.3 Å². The van der Waals surface area contributed by atoms with Crippen LogP contribution >= 0.6 is 0 Å². The summed E-state index contributed by atoms with van der Waals surface area (Å²) in [6, 6.07) is 9.22. The number of primary amides is 1. The van der Waals surface area contributed by atoms with Crippen molar-refractivity contribution < 1.29 is 45.1 Å². The third-order valence-electron chi connectivity index (χ3n) is 7.45. The molecule has 2 aromatic carbocycles. The van der Waals surface area contributed by atoms with Crippen LogP contribution in [-0.2, 0) is 23.7 Å². The number of pyridine rings is 1. The summed E-state index contributed by atoms with van der Waals surface area (Å²) in [7, 11) is 0. The van der Waals surface area contributed by atoms with E-state index in [1.54, 1.807) is 0 Å². The molecule has 1 aliphatic carbocycles. The molecule has 1 atom stereocenters.